The molecule has 0 bridgehead atoms. The minimum atomic E-state index is -0.773. The summed E-state index contributed by atoms with van der Waals surface area (Å²) in [7, 11) is 6.45. The lowest BCUT2D eigenvalue weighted by Gasteiger charge is -2.31. The van der Waals surface area contributed by atoms with Gasteiger partial charge >= 0.3 is 0 Å². The third-order valence-electron chi connectivity index (χ3n) is 6.30. The van der Waals surface area contributed by atoms with Crippen molar-refractivity contribution in [2.75, 3.05) is 54.2 Å². The molecule has 1 aromatic heterocycles. The summed E-state index contributed by atoms with van der Waals surface area (Å²) in [6, 6.07) is 9.38. The molecule has 1 amide bonds. The maximum atomic E-state index is 13.6. The summed E-state index contributed by atoms with van der Waals surface area (Å²) in [4.78, 5) is 28.4. The summed E-state index contributed by atoms with van der Waals surface area (Å²) in [5.74, 6) is -0.723. The first-order valence-electron chi connectivity index (χ1n) is 12.2. The van der Waals surface area contributed by atoms with Gasteiger partial charge in [0, 0.05) is 51.9 Å². The van der Waals surface area contributed by atoms with E-state index in [4.69, 9.17) is 28.8 Å². The van der Waals surface area contributed by atoms with Gasteiger partial charge in [-0.15, -0.1) is 0 Å². The smallest absolute Gasteiger partial charge is 0.288 e. The minimum Gasteiger partial charge on any atom is -0.459 e. The number of aromatic nitrogens is 2. The number of carbonyl (C=O) groups excluding carboxylic acids is 1. The largest absolute Gasteiger partial charge is 0.459 e. The fourth-order valence-corrected chi connectivity index (χ4v) is 4.27. The number of likely N-dealkylation sites (N-methyl/N-ethyl adjacent to an activating group) is 1. The maximum Gasteiger partial charge on any atom is 0.288 e. The first-order chi connectivity index (χ1) is 17.8. The summed E-state index contributed by atoms with van der Waals surface area (Å²) in [5.41, 5.74) is 1.93. The van der Waals surface area contributed by atoms with Crippen LogP contribution in [0, 0.1) is 6.92 Å². The molecular weight excluding hydrogens is 482 g/mol. The highest BCUT2D eigenvalue weighted by Crippen LogP contribution is 2.32. The zero-order valence-electron chi connectivity index (χ0n) is 22.1. The monoisotopic (exact) mass is 519 g/mol. The van der Waals surface area contributed by atoms with Crippen LogP contribution in [0.3, 0.4) is 0 Å². The van der Waals surface area contributed by atoms with Crippen molar-refractivity contribution in [2.24, 2.45) is 7.05 Å². The highest BCUT2D eigenvalue weighted by molar-refractivity contribution is 5.91. The van der Waals surface area contributed by atoms with Gasteiger partial charge in [0.1, 0.15) is 0 Å². The first-order valence-corrected chi connectivity index (χ1v) is 12.2. The first kappa shape index (κ1) is 28.6. The minimum absolute atomic E-state index is 0.0827. The van der Waals surface area contributed by atoms with Gasteiger partial charge in [-0.1, -0.05) is 18.2 Å². The second-order valence-corrected chi connectivity index (χ2v) is 8.69. The highest BCUT2D eigenvalue weighted by Gasteiger charge is 2.34. The quantitative estimate of drug-likeness (QED) is 0.311. The molecule has 2 unspecified atom stereocenters. The summed E-state index contributed by atoms with van der Waals surface area (Å²) >= 11 is 0. The number of methoxy groups -OCH3 is 2. The van der Waals surface area contributed by atoms with Crippen molar-refractivity contribution in [1.29, 1.82) is 0 Å². The number of hydrogen-bond acceptors (Lipinski definition) is 8. The number of aliphatic hydroxyl groups is 1. The molecule has 0 spiro atoms. The molecule has 1 aliphatic heterocycles. The number of carbonyl (C=O) groups is 1. The van der Waals surface area contributed by atoms with Gasteiger partial charge in [0.25, 0.3) is 11.5 Å². The molecule has 0 aliphatic carbocycles. The normalized spacial score (nSPS) is 17.5. The number of para-hydroxylation sites is 1. The van der Waals surface area contributed by atoms with E-state index in [1.165, 1.54) is 19.1 Å². The van der Waals surface area contributed by atoms with Gasteiger partial charge in [-0.05, 0) is 25.1 Å². The molecule has 2 heterocycles. The van der Waals surface area contributed by atoms with E-state index in [-0.39, 0.29) is 50.2 Å². The van der Waals surface area contributed by atoms with Gasteiger partial charge in [0.2, 0.25) is 6.29 Å². The van der Waals surface area contributed by atoms with Gasteiger partial charge in [-0.2, -0.15) is 0 Å². The number of rotatable bonds is 13. The lowest BCUT2D eigenvalue weighted by Crippen LogP contribution is -2.39. The summed E-state index contributed by atoms with van der Waals surface area (Å²) < 4.78 is 30.9. The summed E-state index contributed by atoms with van der Waals surface area (Å²) in [6.07, 6.45) is 0.659. The maximum absolute atomic E-state index is 13.6. The van der Waals surface area contributed by atoms with Crippen LogP contribution in [0.25, 0.3) is 5.69 Å². The summed E-state index contributed by atoms with van der Waals surface area (Å²) in [6.45, 7) is 2.64. The Bertz CT molecular complexity index is 1110. The molecule has 11 heteroatoms. The second-order valence-electron chi connectivity index (χ2n) is 8.69. The molecule has 0 fully saturated rings. The van der Waals surface area contributed by atoms with E-state index in [1.807, 2.05) is 49.0 Å². The molecule has 204 valence electrons. The average Bonchev–Trinajstić information content (AvgIpc) is 3.14. The Morgan fingerprint density at radius 1 is 1.19 bits per heavy atom. The predicted octanol–water partition coefficient (Wildman–Crippen LogP) is 1.30. The highest BCUT2D eigenvalue weighted by atomic mass is 16.7. The van der Waals surface area contributed by atoms with Crippen LogP contribution in [-0.2, 0) is 35.5 Å². The average molecular weight is 520 g/mol. The molecule has 1 N–H and O–H groups in total. The third kappa shape index (κ3) is 6.88. The molecule has 37 heavy (non-hydrogen) atoms. The molecule has 1 aliphatic rings. The zero-order valence-corrected chi connectivity index (χ0v) is 22.1. The van der Waals surface area contributed by atoms with E-state index in [0.29, 0.717) is 12.0 Å². The molecular formula is C26H37N3O8. The molecule has 2 atom stereocenters. The fourth-order valence-electron chi connectivity index (χ4n) is 4.27. The van der Waals surface area contributed by atoms with E-state index in [9.17, 15) is 9.59 Å². The molecule has 2 aromatic rings. The van der Waals surface area contributed by atoms with E-state index >= 15 is 0 Å². The number of hydrogen-bond donors (Lipinski definition) is 1. The zero-order chi connectivity index (χ0) is 26.9. The second kappa shape index (κ2) is 13.5. The van der Waals surface area contributed by atoms with Gasteiger partial charge < -0.3 is 33.7 Å². The van der Waals surface area contributed by atoms with Crippen LogP contribution in [0.2, 0.25) is 0 Å². The van der Waals surface area contributed by atoms with Crippen molar-refractivity contribution >= 4 is 5.91 Å². The molecule has 11 nitrogen and oxygen atoms in total. The molecule has 0 saturated carbocycles. The predicted molar refractivity (Wildman–Crippen MR) is 135 cm³/mol. The van der Waals surface area contributed by atoms with Crippen LogP contribution in [0.4, 0.5) is 0 Å². The van der Waals surface area contributed by atoms with Crippen molar-refractivity contribution in [3.63, 3.8) is 0 Å². The van der Waals surface area contributed by atoms with Crippen LogP contribution >= 0.6 is 0 Å². The molecule has 3 rings (SSSR count). The Morgan fingerprint density at radius 2 is 1.89 bits per heavy atom. The van der Waals surface area contributed by atoms with Gasteiger partial charge in [0.15, 0.2) is 12.0 Å². The number of allylic oxidation sites excluding steroid dienone is 1. The number of nitrogens with zero attached hydrogens (tertiary/aromatic N) is 3. The lowest BCUT2D eigenvalue weighted by molar-refractivity contribution is -0.161. The van der Waals surface area contributed by atoms with Crippen molar-refractivity contribution in [3.8, 4) is 5.69 Å². The van der Waals surface area contributed by atoms with Crippen molar-refractivity contribution < 1.29 is 33.6 Å². The van der Waals surface area contributed by atoms with E-state index in [2.05, 4.69) is 0 Å². The Labute approximate surface area is 216 Å². The van der Waals surface area contributed by atoms with Crippen LogP contribution in [0.1, 0.15) is 23.6 Å². The van der Waals surface area contributed by atoms with Crippen LogP contribution in [-0.4, -0.2) is 92.1 Å². The number of benzene rings is 1. The Balaban J connectivity index is 1.93. The molecule has 1 aromatic carbocycles. The lowest BCUT2D eigenvalue weighted by atomic mass is 9.93. The van der Waals surface area contributed by atoms with Crippen molar-refractivity contribution in [3.05, 3.63) is 63.8 Å². The van der Waals surface area contributed by atoms with Gasteiger partial charge in [-0.25, -0.2) is 4.68 Å². The van der Waals surface area contributed by atoms with Crippen LogP contribution in [0.15, 0.2) is 47.0 Å². The van der Waals surface area contributed by atoms with E-state index in [1.54, 1.807) is 17.8 Å². The van der Waals surface area contributed by atoms with E-state index < -0.39 is 18.5 Å². The SMILES string of the molecule is COC(CN(C)C(=O)C1=CC(c2c(C)n(C)n(-c3ccccc3)c2=O)CC(OCCOCCO)O1)OC. The van der Waals surface area contributed by atoms with Crippen molar-refractivity contribution in [2.45, 2.75) is 31.8 Å². The Morgan fingerprint density at radius 3 is 2.54 bits per heavy atom. The van der Waals surface area contributed by atoms with Gasteiger partial charge in [-0.3, -0.25) is 14.3 Å². The van der Waals surface area contributed by atoms with Crippen LogP contribution < -0.4 is 5.56 Å². The van der Waals surface area contributed by atoms with Gasteiger partial charge in [0.05, 0.1) is 38.7 Å². The Hall–Kier alpha value is -2.96. The Kier molecular flexibility index (Phi) is 10.5. The van der Waals surface area contributed by atoms with Crippen LogP contribution in [0.5, 0.6) is 0 Å². The molecule has 0 saturated heterocycles. The van der Waals surface area contributed by atoms with Crippen molar-refractivity contribution in [1.82, 2.24) is 14.3 Å². The van der Waals surface area contributed by atoms with E-state index in [0.717, 1.165) is 11.4 Å². The topological polar surface area (TPSA) is 114 Å². The number of aliphatic hydroxyl groups excluding tert-OH is 1. The number of ether oxygens (including phenoxy) is 5. The summed E-state index contributed by atoms with van der Waals surface area (Å²) in [5, 5.41) is 8.89. The number of amides is 1. The fraction of sp³-hybridized carbons (Fsp3) is 0.538. The third-order valence-corrected chi connectivity index (χ3v) is 6.30. The molecule has 0 radical (unpaired) electrons. The standard InChI is InChI=1S/C26H37N3O8/c1-18-24(26(32)29(28(18)3)20-9-7-6-8-10-20)19-15-21(25(31)27(2)17-23(33-4)34-5)37-22(16-19)36-14-13-35-12-11-30/h6-10,15,19,22-23,30H,11-14,16-17H2,1-5H3.